The van der Waals surface area contributed by atoms with Gasteiger partial charge in [-0.05, 0) is 42.8 Å². The van der Waals surface area contributed by atoms with Gasteiger partial charge in [-0.1, -0.05) is 6.07 Å². The summed E-state index contributed by atoms with van der Waals surface area (Å²) in [4.78, 5) is 20.9. The van der Waals surface area contributed by atoms with Gasteiger partial charge in [-0.25, -0.2) is 4.79 Å². The molecule has 0 atom stereocenters. The van der Waals surface area contributed by atoms with Gasteiger partial charge >= 0.3 is 11.7 Å². The van der Waals surface area contributed by atoms with E-state index in [2.05, 4.69) is 0 Å². The molecule has 2 rings (SSSR count). The molecular weight excluding hydrogens is 281 g/mol. The van der Waals surface area contributed by atoms with E-state index >= 15 is 0 Å². The molecule has 108 valence electrons. The van der Waals surface area contributed by atoms with Crippen LogP contribution in [0.1, 0.15) is 15.9 Å². The fraction of sp³-hybridized carbons (Fsp3) is 0.0714. The summed E-state index contributed by atoms with van der Waals surface area (Å²) in [5, 5.41) is 19.8. The minimum atomic E-state index is -1.09. The largest absolute Gasteiger partial charge is 0.478 e. The number of hydrogen-bond donors (Lipinski definition) is 1. The van der Waals surface area contributed by atoms with Gasteiger partial charge in [0.05, 0.1) is 10.5 Å². The van der Waals surface area contributed by atoms with Crippen LogP contribution in [0, 0.1) is 22.9 Å². The van der Waals surface area contributed by atoms with E-state index in [0.29, 0.717) is 5.56 Å². The van der Waals surface area contributed by atoms with Crippen LogP contribution < -0.4 is 4.74 Å². The molecule has 0 aliphatic rings. The predicted molar refractivity (Wildman–Crippen MR) is 71.3 cm³/mol. The first-order valence-electron chi connectivity index (χ1n) is 5.85. The fourth-order valence-corrected chi connectivity index (χ4v) is 1.82. The molecule has 0 heterocycles. The minimum absolute atomic E-state index is 0.0936. The molecule has 0 aliphatic carbocycles. The Hall–Kier alpha value is -2.96. The predicted octanol–water partition coefficient (Wildman–Crippen LogP) is 3.53. The molecule has 21 heavy (non-hydrogen) atoms. The molecule has 2 aromatic carbocycles. The Kier molecular flexibility index (Phi) is 3.84. The van der Waals surface area contributed by atoms with Gasteiger partial charge in [0.1, 0.15) is 5.75 Å². The second kappa shape index (κ2) is 5.58. The number of carboxylic acid groups (broad SMARTS) is 1. The molecule has 0 amide bonds. The van der Waals surface area contributed by atoms with Gasteiger partial charge in [-0.3, -0.25) is 10.1 Å². The number of hydrogen-bond acceptors (Lipinski definition) is 4. The number of ether oxygens (including phenoxy) is 1. The normalized spacial score (nSPS) is 10.2. The van der Waals surface area contributed by atoms with Crippen molar-refractivity contribution in [3.05, 3.63) is 63.5 Å². The zero-order valence-corrected chi connectivity index (χ0v) is 10.9. The summed E-state index contributed by atoms with van der Waals surface area (Å²) in [5.74, 6) is -2.15. The maximum Gasteiger partial charge on any atom is 0.346 e. The number of para-hydroxylation sites is 1. The molecule has 7 heteroatoms. The summed E-state index contributed by atoms with van der Waals surface area (Å²) in [6, 6.07) is 7.60. The van der Waals surface area contributed by atoms with Crippen molar-refractivity contribution >= 4 is 11.7 Å². The lowest BCUT2D eigenvalue weighted by Crippen LogP contribution is -2.00. The summed E-state index contributed by atoms with van der Waals surface area (Å²) >= 11 is 0. The van der Waals surface area contributed by atoms with E-state index in [1.165, 1.54) is 30.3 Å². The van der Waals surface area contributed by atoms with Gasteiger partial charge in [-0.2, -0.15) is 4.39 Å². The molecule has 2 aromatic rings. The van der Waals surface area contributed by atoms with Crippen LogP contribution in [0.3, 0.4) is 0 Å². The van der Waals surface area contributed by atoms with E-state index in [1.807, 2.05) is 0 Å². The summed E-state index contributed by atoms with van der Waals surface area (Å²) in [6.07, 6.45) is 0. The van der Waals surface area contributed by atoms with Gasteiger partial charge in [0, 0.05) is 0 Å². The van der Waals surface area contributed by atoms with Crippen LogP contribution in [-0.4, -0.2) is 16.0 Å². The molecule has 0 fully saturated rings. The Morgan fingerprint density at radius 3 is 2.62 bits per heavy atom. The Balaban J connectivity index is 2.39. The van der Waals surface area contributed by atoms with Gasteiger partial charge in [0.2, 0.25) is 11.6 Å². The van der Waals surface area contributed by atoms with Gasteiger partial charge in [0.15, 0.2) is 0 Å². The van der Waals surface area contributed by atoms with Crippen LogP contribution in [0.15, 0.2) is 36.4 Å². The smallest absolute Gasteiger partial charge is 0.346 e. The number of aryl methyl sites for hydroxylation is 1. The van der Waals surface area contributed by atoms with E-state index in [9.17, 15) is 19.3 Å². The fourth-order valence-electron chi connectivity index (χ4n) is 1.82. The molecule has 1 N–H and O–H groups in total. The second-order valence-electron chi connectivity index (χ2n) is 4.23. The van der Waals surface area contributed by atoms with E-state index in [-0.39, 0.29) is 17.1 Å². The van der Waals surface area contributed by atoms with Crippen LogP contribution in [0.5, 0.6) is 11.5 Å². The molecule has 0 spiro atoms. The summed E-state index contributed by atoms with van der Waals surface area (Å²) in [6.45, 7) is 1.57. The highest BCUT2D eigenvalue weighted by Crippen LogP contribution is 2.33. The summed E-state index contributed by atoms with van der Waals surface area (Å²) < 4.78 is 18.7. The van der Waals surface area contributed by atoms with E-state index < -0.39 is 22.4 Å². The molecule has 0 bridgehead atoms. The van der Waals surface area contributed by atoms with Crippen molar-refractivity contribution in [3.63, 3.8) is 0 Å². The van der Waals surface area contributed by atoms with Crippen molar-refractivity contribution < 1.29 is 24.0 Å². The number of rotatable bonds is 4. The van der Waals surface area contributed by atoms with Gasteiger partial charge < -0.3 is 9.84 Å². The highest BCUT2D eigenvalue weighted by atomic mass is 19.1. The lowest BCUT2D eigenvalue weighted by molar-refractivity contribution is -0.388. The lowest BCUT2D eigenvalue weighted by Gasteiger charge is -2.08. The number of carbonyl (C=O) groups is 1. The van der Waals surface area contributed by atoms with Crippen LogP contribution in [-0.2, 0) is 0 Å². The second-order valence-corrected chi connectivity index (χ2v) is 4.23. The highest BCUT2D eigenvalue weighted by molar-refractivity contribution is 5.89. The van der Waals surface area contributed by atoms with Crippen molar-refractivity contribution in [2.24, 2.45) is 0 Å². The number of nitro benzene ring substituents is 1. The van der Waals surface area contributed by atoms with Crippen LogP contribution in [0.25, 0.3) is 0 Å². The maximum absolute atomic E-state index is 13.5. The average Bonchev–Trinajstić information content (AvgIpc) is 2.37. The zero-order chi connectivity index (χ0) is 15.6. The number of nitro groups is 1. The third-order valence-electron chi connectivity index (χ3n) is 2.79. The van der Waals surface area contributed by atoms with Crippen molar-refractivity contribution in [2.75, 3.05) is 0 Å². The molecule has 0 radical (unpaired) electrons. The first-order valence-corrected chi connectivity index (χ1v) is 5.85. The number of benzene rings is 2. The molecule has 0 aromatic heterocycles. The molecule has 6 nitrogen and oxygen atoms in total. The Morgan fingerprint density at radius 1 is 1.33 bits per heavy atom. The van der Waals surface area contributed by atoms with Crippen molar-refractivity contribution in [1.29, 1.82) is 0 Å². The average molecular weight is 291 g/mol. The molecule has 0 aliphatic heterocycles. The van der Waals surface area contributed by atoms with Crippen molar-refractivity contribution in [3.8, 4) is 11.5 Å². The van der Waals surface area contributed by atoms with E-state index in [1.54, 1.807) is 6.92 Å². The Bertz CT molecular complexity index is 729. The highest BCUT2D eigenvalue weighted by Gasteiger charge is 2.22. The Labute approximate surface area is 118 Å². The lowest BCUT2D eigenvalue weighted by atomic mass is 10.1. The van der Waals surface area contributed by atoms with Gasteiger partial charge in [0.25, 0.3) is 0 Å². The first-order chi connectivity index (χ1) is 9.90. The molecule has 0 saturated carbocycles. The van der Waals surface area contributed by atoms with Crippen LogP contribution in [0.2, 0.25) is 0 Å². The minimum Gasteiger partial charge on any atom is -0.478 e. The molecular formula is C14H10FNO5. The van der Waals surface area contributed by atoms with Gasteiger partial charge in [-0.15, -0.1) is 0 Å². The first kappa shape index (κ1) is 14.4. The van der Waals surface area contributed by atoms with Crippen LogP contribution >= 0.6 is 0 Å². The number of aromatic carboxylic acids is 1. The maximum atomic E-state index is 13.5. The number of carboxylic acids is 1. The number of nitrogens with zero attached hydrogens (tertiary/aromatic N) is 1. The quantitative estimate of drug-likeness (QED) is 0.687. The standard InChI is InChI=1S/C14H10FNO5/c1-8-7-9(5-6-10(8)14(17)18)21-12-4-2-3-11(15)13(12)16(19)20/h2-7H,1H3,(H,17,18). The van der Waals surface area contributed by atoms with E-state index in [4.69, 9.17) is 9.84 Å². The zero-order valence-electron chi connectivity index (χ0n) is 10.9. The number of halogens is 1. The Morgan fingerprint density at radius 2 is 2.05 bits per heavy atom. The SMILES string of the molecule is Cc1cc(Oc2cccc(F)c2[N+](=O)[O-])ccc1C(=O)O. The molecule has 0 unspecified atom stereocenters. The molecule has 0 saturated heterocycles. The van der Waals surface area contributed by atoms with Crippen molar-refractivity contribution in [2.45, 2.75) is 6.92 Å². The van der Waals surface area contributed by atoms with Crippen molar-refractivity contribution in [1.82, 2.24) is 0 Å². The topological polar surface area (TPSA) is 89.7 Å². The third kappa shape index (κ3) is 2.97. The van der Waals surface area contributed by atoms with Crippen LogP contribution in [0.4, 0.5) is 10.1 Å². The summed E-state index contributed by atoms with van der Waals surface area (Å²) in [5.41, 5.74) is -0.243. The summed E-state index contributed by atoms with van der Waals surface area (Å²) in [7, 11) is 0. The third-order valence-corrected chi connectivity index (χ3v) is 2.79. The monoisotopic (exact) mass is 291 g/mol. The van der Waals surface area contributed by atoms with E-state index in [0.717, 1.165) is 6.07 Å².